The topological polar surface area (TPSA) is 63.3 Å². The zero-order chi connectivity index (χ0) is 12.1. The van der Waals surface area contributed by atoms with Crippen LogP contribution in [-0.2, 0) is 11.2 Å². The van der Waals surface area contributed by atoms with Crippen LogP contribution in [0.25, 0.3) is 0 Å². The first kappa shape index (κ1) is 13.3. The van der Waals surface area contributed by atoms with Crippen molar-refractivity contribution in [1.29, 1.82) is 0 Å². The minimum atomic E-state index is -0.874. The highest BCUT2D eigenvalue weighted by molar-refractivity contribution is 6.36. The predicted molar refractivity (Wildman–Crippen MR) is 65.0 cm³/mol. The molecular weight excluding hydrogens is 249 g/mol. The Hall–Kier alpha value is -0.770. The van der Waals surface area contributed by atoms with Crippen LogP contribution >= 0.6 is 23.2 Å². The molecule has 1 atom stereocenters. The van der Waals surface area contributed by atoms with Gasteiger partial charge in [0, 0.05) is 10.0 Å². The molecule has 0 aliphatic heterocycles. The molecule has 0 saturated carbocycles. The van der Waals surface area contributed by atoms with E-state index in [9.17, 15) is 4.79 Å². The van der Waals surface area contributed by atoms with Crippen molar-refractivity contribution < 1.29 is 9.90 Å². The van der Waals surface area contributed by atoms with E-state index in [1.807, 2.05) is 0 Å². The van der Waals surface area contributed by atoms with Gasteiger partial charge in [-0.3, -0.25) is 4.79 Å². The van der Waals surface area contributed by atoms with Gasteiger partial charge in [0.1, 0.15) is 0 Å². The Morgan fingerprint density at radius 3 is 2.38 bits per heavy atom. The summed E-state index contributed by atoms with van der Waals surface area (Å²) < 4.78 is 0. The molecule has 5 heteroatoms. The maximum absolute atomic E-state index is 11.0. The van der Waals surface area contributed by atoms with Gasteiger partial charge >= 0.3 is 5.97 Å². The molecule has 0 bridgehead atoms. The lowest BCUT2D eigenvalue weighted by molar-refractivity contribution is -0.141. The summed E-state index contributed by atoms with van der Waals surface area (Å²) in [5, 5.41) is 10.00. The van der Waals surface area contributed by atoms with Crippen LogP contribution in [0.4, 0.5) is 0 Å². The van der Waals surface area contributed by atoms with Crippen molar-refractivity contribution >= 4 is 29.2 Å². The van der Waals surface area contributed by atoms with E-state index in [1.54, 1.807) is 18.2 Å². The number of carboxylic acid groups (broad SMARTS) is 1. The van der Waals surface area contributed by atoms with Gasteiger partial charge in [0.2, 0.25) is 0 Å². The summed E-state index contributed by atoms with van der Waals surface area (Å²) in [5.41, 5.74) is 6.04. The summed E-state index contributed by atoms with van der Waals surface area (Å²) in [6.07, 6.45) is 0.724. The molecule has 0 aliphatic carbocycles. The van der Waals surface area contributed by atoms with Crippen LogP contribution in [0.2, 0.25) is 10.0 Å². The number of hydrogen-bond donors (Lipinski definition) is 2. The number of hydrogen-bond acceptors (Lipinski definition) is 2. The molecule has 1 aromatic rings. The molecule has 3 nitrogen and oxygen atoms in total. The highest BCUT2D eigenvalue weighted by atomic mass is 35.5. The normalized spacial score (nSPS) is 12.4. The molecule has 1 aromatic carbocycles. The Morgan fingerprint density at radius 2 is 1.94 bits per heavy atom. The Labute approximate surface area is 104 Å². The van der Waals surface area contributed by atoms with Gasteiger partial charge in [0.15, 0.2) is 0 Å². The fraction of sp³-hybridized carbons (Fsp3) is 0.364. The van der Waals surface area contributed by atoms with E-state index in [1.165, 1.54) is 0 Å². The Morgan fingerprint density at radius 1 is 1.38 bits per heavy atom. The summed E-state index contributed by atoms with van der Waals surface area (Å²) >= 11 is 11.9. The maximum Gasteiger partial charge on any atom is 0.306 e. The van der Waals surface area contributed by atoms with Gasteiger partial charge in [-0.2, -0.15) is 0 Å². The number of rotatable bonds is 5. The van der Waals surface area contributed by atoms with Gasteiger partial charge in [-0.05, 0) is 37.1 Å². The average Bonchev–Trinajstić information content (AvgIpc) is 2.21. The van der Waals surface area contributed by atoms with E-state index in [0.717, 1.165) is 0 Å². The van der Waals surface area contributed by atoms with E-state index in [4.69, 9.17) is 34.0 Å². The highest BCUT2D eigenvalue weighted by Gasteiger charge is 2.19. The second-order valence-electron chi connectivity index (χ2n) is 3.52. The van der Waals surface area contributed by atoms with Crippen LogP contribution in [0.5, 0.6) is 0 Å². The van der Waals surface area contributed by atoms with Crippen LogP contribution in [0, 0.1) is 5.92 Å². The van der Waals surface area contributed by atoms with E-state index >= 15 is 0 Å². The lowest BCUT2D eigenvalue weighted by atomic mass is 9.96. The minimum Gasteiger partial charge on any atom is -0.481 e. The second-order valence-corrected chi connectivity index (χ2v) is 4.33. The number of aliphatic carboxylic acids is 1. The fourth-order valence-corrected chi connectivity index (χ4v) is 2.04. The second kappa shape index (κ2) is 6.09. The average molecular weight is 262 g/mol. The van der Waals surface area contributed by atoms with Crippen molar-refractivity contribution in [2.24, 2.45) is 11.7 Å². The molecule has 16 heavy (non-hydrogen) atoms. The minimum absolute atomic E-state index is 0.311. The monoisotopic (exact) mass is 261 g/mol. The third kappa shape index (κ3) is 3.37. The number of carboxylic acids is 1. The van der Waals surface area contributed by atoms with Crippen LogP contribution < -0.4 is 5.73 Å². The molecule has 0 aliphatic rings. The Kier molecular flexibility index (Phi) is 5.06. The largest absolute Gasteiger partial charge is 0.481 e. The molecule has 0 heterocycles. The molecule has 1 rings (SSSR count). The highest BCUT2D eigenvalue weighted by Crippen LogP contribution is 2.27. The lowest BCUT2D eigenvalue weighted by Crippen LogP contribution is -2.20. The summed E-state index contributed by atoms with van der Waals surface area (Å²) in [6.45, 7) is 0.332. The third-order valence-electron chi connectivity index (χ3n) is 2.38. The van der Waals surface area contributed by atoms with E-state index in [-0.39, 0.29) is 0 Å². The molecule has 88 valence electrons. The van der Waals surface area contributed by atoms with Crippen molar-refractivity contribution in [2.75, 3.05) is 6.54 Å². The summed E-state index contributed by atoms with van der Waals surface area (Å²) in [7, 11) is 0. The van der Waals surface area contributed by atoms with Crippen molar-refractivity contribution in [2.45, 2.75) is 12.8 Å². The zero-order valence-corrected chi connectivity index (χ0v) is 10.1. The summed E-state index contributed by atoms with van der Waals surface area (Å²) in [6, 6.07) is 5.13. The molecule has 0 aromatic heterocycles. The number of nitrogens with two attached hydrogens (primary N) is 1. The standard InChI is InChI=1S/C11H13Cl2NO2/c12-9-2-1-3-10(13)8(9)6-7(4-5-14)11(15)16/h1-3,7H,4-6,14H2,(H,15,16). The fourth-order valence-electron chi connectivity index (χ4n) is 1.49. The first-order valence-electron chi connectivity index (χ1n) is 4.92. The molecule has 0 radical (unpaired) electrons. The van der Waals surface area contributed by atoms with Gasteiger partial charge in [-0.15, -0.1) is 0 Å². The first-order valence-corrected chi connectivity index (χ1v) is 5.67. The van der Waals surface area contributed by atoms with Gasteiger partial charge in [-0.25, -0.2) is 0 Å². The molecule has 0 amide bonds. The van der Waals surface area contributed by atoms with Crippen molar-refractivity contribution in [3.05, 3.63) is 33.8 Å². The van der Waals surface area contributed by atoms with E-state index in [2.05, 4.69) is 0 Å². The van der Waals surface area contributed by atoms with Gasteiger partial charge < -0.3 is 10.8 Å². The van der Waals surface area contributed by atoms with Crippen molar-refractivity contribution in [3.63, 3.8) is 0 Å². The van der Waals surface area contributed by atoms with Gasteiger partial charge in [0.05, 0.1) is 5.92 Å². The lowest BCUT2D eigenvalue weighted by Gasteiger charge is -2.13. The van der Waals surface area contributed by atoms with Crippen molar-refractivity contribution in [3.8, 4) is 0 Å². The molecule has 1 unspecified atom stereocenters. The zero-order valence-electron chi connectivity index (χ0n) is 8.62. The number of halogens is 2. The Balaban J connectivity index is 2.89. The SMILES string of the molecule is NCCC(Cc1c(Cl)cccc1Cl)C(=O)O. The summed E-state index contributed by atoms with van der Waals surface area (Å²) in [5.74, 6) is -1.41. The van der Waals surface area contributed by atoms with E-state index in [0.29, 0.717) is 35.0 Å². The molecule has 0 saturated heterocycles. The van der Waals surface area contributed by atoms with Crippen molar-refractivity contribution in [1.82, 2.24) is 0 Å². The summed E-state index contributed by atoms with van der Waals surface area (Å²) in [4.78, 5) is 11.0. The first-order chi connectivity index (χ1) is 7.56. The Bertz CT molecular complexity index is 362. The predicted octanol–water partition coefficient (Wildman–Crippen LogP) is 2.59. The smallest absolute Gasteiger partial charge is 0.306 e. The molecule has 3 N–H and O–H groups in total. The van der Waals surface area contributed by atoms with E-state index < -0.39 is 11.9 Å². The van der Waals surface area contributed by atoms with Gasteiger partial charge in [-0.1, -0.05) is 29.3 Å². The van der Waals surface area contributed by atoms with Crippen LogP contribution in [0.3, 0.4) is 0 Å². The van der Waals surface area contributed by atoms with Crippen LogP contribution in [0.1, 0.15) is 12.0 Å². The van der Waals surface area contributed by atoms with Crippen LogP contribution in [-0.4, -0.2) is 17.6 Å². The number of benzene rings is 1. The van der Waals surface area contributed by atoms with Crippen LogP contribution in [0.15, 0.2) is 18.2 Å². The maximum atomic E-state index is 11.0. The molecule has 0 spiro atoms. The van der Waals surface area contributed by atoms with Gasteiger partial charge in [0.25, 0.3) is 0 Å². The molecule has 0 fully saturated rings. The number of carbonyl (C=O) groups is 1. The third-order valence-corrected chi connectivity index (χ3v) is 3.08. The molecular formula is C11H13Cl2NO2. The quantitative estimate of drug-likeness (QED) is 0.857.